The Labute approximate surface area is 217 Å². The van der Waals surface area contributed by atoms with Crippen LogP contribution >= 0.6 is 0 Å². The first kappa shape index (κ1) is 21.9. The van der Waals surface area contributed by atoms with E-state index in [1.807, 2.05) is 0 Å². The van der Waals surface area contributed by atoms with Crippen molar-refractivity contribution in [3.8, 4) is 0 Å². The van der Waals surface area contributed by atoms with E-state index < -0.39 is 0 Å². The van der Waals surface area contributed by atoms with Crippen LogP contribution in [-0.2, 0) is 0 Å². The summed E-state index contributed by atoms with van der Waals surface area (Å²) in [5.74, 6) is 2.04. The van der Waals surface area contributed by atoms with Gasteiger partial charge in [-0.2, -0.15) is 0 Å². The third kappa shape index (κ3) is 3.05. The zero-order valence-electron chi connectivity index (χ0n) is 21.8. The van der Waals surface area contributed by atoms with Crippen LogP contribution in [0.25, 0.3) is 21.8 Å². The molecule has 0 unspecified atom stereocenters. The smallest absolute Gasteiger partial charge is 0.154 e. The Morgan fingerprint density at radius 2 is 1.00 bits per heavy atom. The summed E-state index contributed by atoms with van der Waals surface area (Å²) in [6, 6.07) is 27.9. The van der Waals surface area contributed by atoms with Crippen molar-refractivity contribution in [1.82, 2.24) is 9.97 Å². The third-order valence-electron chi connectivity index (χ3n) is 8.22. The zero-order chi connectivity index (χ0) is 25.4. The molecule has 0 saturated carbocycles. The molecule has 6 nitrogen and oxygen atoms in total. The zero-order valence-corrected chi connectivity index (χ0v) is 21.8. The van der Waals surface area contributed by atoms with Gasteiger partial charge in [-0.1, -0.05) is 42.5 Å². The second-order valence-electron chi connectivity index (χ2n) is 10.2. The van der Waals surface area contributed by atoms with Crippen LogP contribution in [0.4, 0.5) is 34.4 Å². The predicted octanol–water partition coefficient (Wildman–Crippen LogP) is 6.96. The molecule has 5 aromatic rings. The summed E-state index contributed by atoms with van der Waals surface area (Å²) >= 11 is 0. The molecule has 2 aliphatic rings. The molecule has 2 aromatic heterocycles. The van der Waals surface area contributed by atoms with E-state index in [9.17, 15) is 0 Å². The summed E-state index contributed by atoms with van der Waals surface area (Å²) in [4.78, 5) is 19.5. The van der Waals surface area contributed by atoms with E-state index in [2.05, 4.69) is 133 Å². The number of pyridine rings is 2. The summed E-state index contributed by atoms with van der Waals surface area (Å²) in [5.41, 5.74) is 7.98. The topological polar surface area (TPSA) is 38.7 Å². The van der Waals surface area contributed by atoms with Gasteiger partial charge in [0.1, 0.15) is 12.3 Å². The lowest BCUT2D eigenvalue weighted by Gasteiger charge is -2.33. The van der Waals surface area contributed by atoms with Crippen molar-refractivity contribution in [2.45, 2.75) is 33.1 Å². The van der Waals surface area contributed by atoms with Crippen LogP contribution in [0, 0.1) is 6.92 Å². The molecule has 6 heteroatoms. The predicted molar refractivity (Wildman–Crippen MR) is 155 cm³/mol. The van der Waals surface area contributed by atoms with Gasteiger partial charge in [-0.25, -0.2) is 9.97 Å². The highest BCUT2D eigenvalue weighted by atomic mass is 15.4. The fraction of sp³-hybridized carbons (Fsp3) is 0.226. The lowest BCUT2D eigenvalue weighted by Crippen LogP contribution is -2.37. The number of hydrogen-bond acceptors (Lipinski definition) is 6. The van der Waals surface area contributed by atoms with E-state index in [0.29, 0.717) is 0 Å². The van der Waals surface area contributed by atoms with Crippen LogP contribution in [0.1, 0.15) is 19.4 Å². The Morgan fingerprint density at radius 3 is 1.46 bits per heavy atom. The van der Waals surface area contributed by atoms with E-state index in [4.69, 9.17) is 9.97 Å². The van der Waals surface area contributed by atoms with Crippen molar-refractivity contribution < 1.29 is 0 Å². The molecule has 0 fully saturated rings. The van der Waals surface area contributed by atoms with Gasteiger partial charge < -0.3 is 19.6 Å². The highest BCUT2D eigenvalue weighted by molar-refractivity contribution is 5.95. The van der Waals surface area contributed by atoms with Crippen molar-refractivity contribution in [2.75, 3.05) is 33.7 Å². The van der Waals surface area contributed by atoms with Crippen molar-refractivity contribution in [3.05, 3.63) is 84.4 Å². The summed E-state index contributed by atoms with van der Waals surface area (Å²) in [6.45, 7) is 6.73. The summed E-state index contributed by atoms with van der Waals surface area (Å²) in [7, 11) is 4.27. The second-order valence-corrected chi connectivity index (χ2v) is 10.2. The Morgan fingerprint density at radius 1 is 0.568 bits per heavy atom. The quantitative estimate of drug-likeness (QED) is 0.269. The molecular formula is C31H30N6. The van der Waals surface area contributed by atoms with E-state index in [1.54, 1.807) is 0 Å². The first-order valence-electron chi connectivity index (χ1n) is 12.9. The Bertz CT molecular complexity index is 1570. The Balaban J connectivity index is 1.39. The minimum absolute atomic E-state index is 0.143. The highest BCUT2D eigenvalue weighted by Gasteiger charge is 2.37. The largest absolute Gasteiger partial charge is 0.337 e. The number of para-hydroxylation sites is 2. The third-order valence-corrected chi connectivity index (χ3v) is 8.22. The normalized spacial score (nSPS) is 18.7. The molecule has 0 radical (unpaired) electrons. The molecule has 7 rings (SSSR count). The minimum Gasteiger partial charge on any atom is -0.337 e. The first-order valence-corrected chi connectivity index (χ1v) is 12.9. The molecule has 0 aliphatic carbocycles. The molecule has 2 aliphatic heterocycles. The number of rotatable bonds is 2. The van der Waals surface area contributed by atoms with Crippen molar-refractivity contribution in [2.24, 2.45) is 0 Å². The minimum atomic E-state index is 0.143. The summed E-state index contributed by atoms with van der Waals surface area (Å²) in [5, 5.41) is 2.31. The standard InChI is InChI=1S/C31H30N6/c1-19-26(36-20(2)34(4)30-28(36)17-22-11-6-8-13-24(22)32-30)15-10-16-27(19)37-21(3)35(5)31-29(37)18-23-12-7-9-14-25(23)33-31/h6-18,20-21H,1-5H3/t20-,21+. The molecule has 37 heavy (non-hydrogen) atoms. The van der Waals surface area contributed by atoms with Gasteiger partial charge in [-0.3, -0.25) is 0 Å². The van der Waals surface area contributed by atoms with Crippen molar-refractivity contribution in [1.29, 1.82) is 0 Å². The Hall–Kier alpha value is -4.32. The molecule has 3 aromatic carbocycles. The van der Waals surface area contributed by atoms with Gasteiger partial charge in [0.15, 0.2) is 11.6 Å². The van der Waals surface area contributed by atoms with Gasteiger partial charge in [0.2, 0.25) is 0 Å². The van der Waals surface area contributed by atoms with Gasteiger partial charge in [0, 0.05) is 36.2 Å². The number of hydrogen-bond donors (Lipinski definition) is 0. The van der Waals surface area contributed by atoms with Crippen LogP contribution < -0.4 is 19.6 Å². The average Bonchev–Trinajstić information content (AvgIpc) is 3.30. The van der Waals surface area contributed by atoms with Gasteiger partial charge in [0.25, 0.3) is 0 Å². The molecule has 0 spiro atoms. The molecule has 2 atom stereocenters. The average molecular weight is 487 g/mol. The lowest BCUT2D eigenvalue weighted by molar-refractivity contribution is 0.721. The molecule has 0 amide bonds. The van der Waals surface area contributed by atoms with E-state index in [1.165, 1.54) is 16.9 Å². The number of aromatic nitrogens is 2. The molecular weight excluding hydrogens is 456 g/mol. The second kappa shape index (κ2) is 7.84. The maximum Gasteiger partial charge on any atom is 0.154 e. The first-order chi connectivity index (χ1) is 17.9. The SMILES string of the molecule is Cc1c(N2c3cc4ccccc4nc3N(C)[C@H]2C)cccc1N1c2cc3ccccc3nc2N(C)[C@@H]1C. The molecule has 0 bridgehead atoms. The van der Waals surface area contributed by atoms with Crippen LogP contribution in [0.5, 0.6) is 0 Å². The number of anilines is 6. The van der Waals surface area contributed by atoms with Gasteiger partial charge >= 0.3 is 0 Å². The van der Waals surface area contributed by atoms with Crippen LogP contribution in [-0.4, -0.2) is 36.4 Å². The van der Waals surface area contributed by atoms with Crippen molar-refractivity contribution in [3.63, 3.8) is 0 Å². The summed E-state index contributed by atoms with van der Waals surface area (Å²) < 4.78 is 0. The molecule has 0 N–H and O–H groups in total. The van der Waals surface area contributed by atoms with Crippen LogP contribution in [0.15, 0.2) is 78.9 Å². The highest BCUT2D eigenvalue weighted by Crippen LogP contribution is 2.49. The number of nitrogens with zero attached hydrogens (tertiary/aromatic N) is 6. The van der Waals surface area contributed by atoms with E-state index in [-0.39, 0.29) is 12.3 Å². The monoisotopic (exact) mass is 486 g/mol. The molecule has 0 saturated heterocycles. The van der Waals surface area contributed by atoms with Crippen molar-refractivity contribution >= 4 is 56.2 Å². The fourth-order valence-corrected chi connectivity index (χ4v) is 5.96. The molecule has 4 heterocycles. The fourth-order valence-electron chi connectivity index (χ4n) is 5.96. The summed E-state index contributed by atoms with van der Waals surface area (Å²) in [6.07, 6.45) is 0.287. The maximum absolute atomic E-state index is 5.03. The van der Waals surface area contributed by atoms with E-state index in [0.717, 1.165) is 44.8 Å². The van der Waals surface area contributed by atoms with Crippen LogP contribution in [0.3, 0.4) is 0 Å². The number of fused-ring (bicyclic) bond motifs is 4. The van der Waals surface area contributed by atoms with E-state index >= 15 is 0 Å². The lowest BCUT2D eigenvalue weighted by atomic mass is 10.1. The van der Waals surface area contributed by atoms with Gasteiger partial charge in [-0.05, 0) is 62.7 Å². The molecule has 184 valence electrons. The van der Waals surface area contributed by atoms with Gasteiger partial charge in [0.05, 0.1) is 22.4 Å². The maximum atomic E-state index is 5.03. The Kier molecular flexibility index (Phi) is 4.64. The van der Waals surface area contributed by atoms with Gasteiger partial charge in [-0.15, -0.1) is 0 Å². The number of benzene rings is 3. The van der Waals surface area contributed by atoms with Crippen LogP contribution in [0.2, 0.25) is 0 Å².